The Balaban J connectivity index is 1.44. The van der Waals surface area contributed by atoms with Crippen LogP contribution in [0.5, 0.6) is 11.5 Å². The van der Waals surface area contributed by atoms with Gasteiger partial charge in [0, 0.05) is 35.8 Å². The lowest BCUT2D eigenvalue weighted by atomic mass is 10.1. The molecule has 4 rings (SSSR count). The number of methoxy groups -OCH3 is 2. The van der Waals surface area contributed by atoms with Crippen molar-refractivity contribution < 1.29 is 17.9 Å². The highest BCUT2D eigenvalue weighted by Crippen LogP contribution is 2.31. The topological polar surface area (TPSA) is 107 Å². The van der Waals surface area contributed by atoms with Crippen LogP contribution in [0.4, 0.5) is 5.82 Å². The molecule has 0 atom stereocenters. The molecule has 0 aliphatic heterocycles. The Bertz CT molecular complexity index is 1460. The minimum absolute atomic E-state index is 0.102. The average molecular weight is 581 g/mol. The lowest BCUT2D eigenvalue weighted by Gasteiger charge is -2.13. The third-order valence-electron chi connectivity index (χ3n) is 5.20. The van der Waals surface area contributed by atoms with Gasteiger partial charge in [0.2, 0.25) is 10.0 Å². The van der Waals surface area contributed by atoms with Gasteiger partial charge in [0.1, 0.15) is 5.82 Å². The number of nitrogens with zero attached hydrogens (tertiary/aromatic N) is 3. The lowest BCUT2D eigenvalue weighted by Crippen LogP contribution is -2.26. The molecule has 9 nitrogen and oxygen atoms in total. The Morgan fingerprint density at radius 3 is 2.57 bits per heavy atom. The summed E-state index contributed by atoms with van der Waals surface area (Å²) in [5, 5.41) is 8.27. The van der Waals surface area contributed by atoms with E-state index in [0.717, 1.165) is 10.0 Å². The zero-order chi connectivity index (χ0) is 25.0. The molecule has 2 N–H and O–H groups in total. The summed E-state index contributed by atoms with van der Waals surface area (Å²) in [5.41, 5.74) is 2.13. The van der Waals surface area contributed by atoms with Crippen LogP contribution < -0.4 is 19.5 Å². The van der Waals surface area contributed by atoms with Gasteiger partial charge in [-0.05, 0) is 40.5 Å². The van der Waals surface area contributed by atoms with Gasteiger partial charge in [-0.2, -0.15) is 9.61 Å². The van der Waals surface area contributed by atoms with Gasteiger partial charge in [0.05, 0.1) is 35.5 Å². The van der Waals surface area contributed by atoms with Crippen molar-refractivity contribution in [3.05, 3.63) is 64.2 Å². The number of sulfonamides is 1. The molecule has 0 saturated heterocycles. The summed E-state index contributed by atoms with van der Waals surface area (Å²) in [4.78, 5) is 4.78. The van der Waals surface area contributed by atoms with Crippen molar-refractivity contribution >= 4 is 49.0 Å². The molecule has 2 aromatic carbocycles. The maximum Gasteiger partial charge on any atom is 0.240 e. The summed E-state index contributed by atoms with van der Waals surface area (Å²) in [6.07, 6.45) is 2.20. The normalized spacial score (nSPS) is 11.5. The van der Waals surface area contributed by atoms with E-state index in [0.29, 0.717) is 46.6 Å². The van der Waals surface area contributed by atoms with Gasteiger partial charge in [-0.15, -0.1) is 0 Å². The predicted octanol–water partition coefficient (Wildman–Crippen LogP) is 4.61. The third kappa shape index (κ3) is 5.53. The highest BCUT2D eigenvalue weighted by molar-refractivity contribution is 9.10. The zero-order valence-electron chi connectivity index (χ0n) is 19.0. The molecular formula is C23H23BrClN5O4S. The largest absolute Gasteiger partial charge is 0.493 e. The highest BCUT2D eigenvalue weighted by atomic mass is 79.9. The first kappa shape index (κ1) is 25.2. The van der Waals surface area contributed by atoms with Crippen LogP contribution in [-0.2, 0) is 10.0 Å². The van der Waals surface area contributed by atoms with Crippen LogP contribution >= 0.6 is 27.5 Å². The van der Waals surface area contributed by atoms with Crippen LogP contribution in [-0.4, -0.2) is 50.3 Å². The number of halogens is 2. The molecule has 4 aromatic rings. The van der Waals surface area contributed by atoms with Crippen LogP contribution in [0.1, 0.15) is 6.42 Å². The Hall–Kier alpha value is -2.86. The summed E-state index contributed by atoms with van der Waals surface area (Å²) in [5.74, 6) is 1.51. The highest BCUT2D eigenvalue weighted by Gasteiger charge is 2.17. The maximum absolute atomic E-state index is 12.7. The van der Waals surface area contributed by atoms with Crippen LogP contribution in [0.2, 0.25) is 5.02 Å². The van der Waals surface area contributed by atoms with Gasteiger partial charge < -0.3 is 14.8 Å². The summed E-state index contributed by atoms with van der Waals surface area (Å²) in [7, 11) is -0.753. The molecule has 0 aliphatic rings. The summed E-state index contributed by atoms with van der Waals surface area (Å²) in [6, 6.07) is 13.8. The van der Waals surface area contributed by atoms with E-state index in [4.69, 9.17) is 21.1 Å². The number of ether oxygens (including phenoxy) is 2. The summed E-state index contributed by atoms with van der Waals surface area (Å²) >= 11 is 9.86. The molecule has 12 heteroatoms. The first-order valence-corrected chi connectivity index (χ1v) is 13.2. The van der Waals surface area contributed by atoms with Crippen molar-refractivity contribution in [2.45, 2.75) is 11.3 Å². The molecule has 35 heavy (non-hydrogen) atoms. The molecule has 2 aromatic heterocycles. The number of rotatable bonds is 10. The first-order valence-electron chi connectivity index (χ1n) is 10.6. The molecule has 2 heterocycles. The first-order chi connectivity index (χ1) is 16.8. The van der Waals surface area contributed by atoms with E-state index in [-0.39, 0.29) is 11.4 Å². The van der Waals surface area contributed by atoms with E-state index < -0.39 is 10.0 Å². The number of hydrogen-bond donors (Lipinski definition) is 2. The van der Waals surface area contributed by atoms with Gasteiger partial charge >= 0.3 is 0 Å². The summed E-state index contributed by atoms with van der Waals surface area (Å²) < 4.78 is 40.8. The molecule has 0 saturated carbocycles. The van der Waals surface area contributed by atoms with Crippen LogP contribution in [0.25, 0.3) is 16.9 Å². The van der Waals surface area contributed by atoms with Gasteiger partial charge in [0.15, 0.2) is 17.1 Å². The minimum Gasteiger partial charge on any atom is -0.493 e. The Labute approximate surface area is 216 Å². The minimum atomic E-state index is -3.70. The Morgan fingerprint density at radius 1 is 1.06 bits per heavy atom. The SMILES string of the molecule is COc1ccc(S(=O)(=O)NCCCNc2cc(-c3ccccc3Cl)nc3c(Br)cnn23)cc1OC. The molecular weight excluding hydrogens is 558 g/mol. The van der Waals surface area contributed by atoms with Crippen molar-refractivity contribution in [2.24, 2.45) is 0 Å². The van der Waals surface area contributed by atoms with Gasteiger partial charge in [-0.25, -0.2) is 18.1 Å². The fraction of sp³-hybridized carbons (Fsp3) is 0.217. The van der Waals surface area contributed by atoms with Crippen molar-refractivity contribution in [2.75, 3.05) is 32.6 Å². The molecule has 0 fully saturated rings. The van der Waals surface area contributed by atoms with E-state index in [1.165, 1.54) is 26.4 Å². The van der Waals surface area contributed by atoms with E-state index in [1.807, 2.05) is 30.3 Å². The predicted molar refractivity (Wildman–Crippen MR) is 139 cm³/mol. The van der Waals surface area contributed by atoms with Crippen molar-refractivity contribution in [3.8, 4) is 22.8 Å². The van der Waals surface area contributed by atoms with Crippen molar-refractivity contribution in [1.82, 2.24) is 19.3 Å². The second-order valence-corrected chi connectivity index (χ2v) is 10.5. The quantitative estimate of drug-likeness (QED) is 0.264. The van der Waals surface area contributed by atoms with Gasteiger partial charge in [-0.1, -0.05) is 29.8 Å². The molecule has 0 aliphatic carbocycles. The smallest absolute Gasteiger partial charge is 0.240 e. The lowest BCUT2D eigenvalue weighted by molar-refractivity contribution is 0.354. The zero-order valence-corrected chi connectivity index (χ0v) is 22.1. The van der Waals surface area contributed by atoms with E-state index in [2.05, 4.69) is 36.1 Å². The Kier molecular flexibility index (Phi) is 7.80. The van der Waals surface area contributed by atoms with E-state index in [9.17, 15) is 8.42 Å². The van der Waals surface area contributed by atoms with Crippen LogP contribution in [0, 0.1) is 0 Å². The number of anilines is 1. The standard InChI is InChI=1S/C23H23BrClN5O4S/c1-33-20-9-8-15(12-21(20)34-2)35(31,32)28-11-5-10-26-22-13-19(16-6-3-4-7-18(16)25)29-23-17(24)14-27-30(22)23/h3-4,6-9,12-14,26,28H,5,10-11H2,1-2H3. The van der Waals surface area contributed by atoms with Gasteiger partial charge in [0.25, 0.3) is 0 Å². The number of benzene rings is 2. The van der Waals surface area contributed by atoms with Crippen LogP contribution in [0.3, 0.4) is 0 Å². The second kappa shape index (κ2) is 10.8. The molecule has 0 unspecified atom stereocenters. The van der Waals surface area contributed by atoms with Crippen molar-refractivity contribution in [1.29, 1.82) is 0 Å². The van der Waals surface area contributed by atoms with Gasteiger partial charge in [-0.3, -0.25) is 0 Å². The second-order valence-electron chi connectivity index (χ2n) is 7.43. The number of fused-ring (bicyclic) bond motifs is 1. The van der Waals surface area contributed by atoms with E-state index >= 15 is 0 Å². The molecule has 184 valence electrons. The molecule has 0 bridgehead atoms. The molecule has 0 spiro atoms. The van der Waals surface area contributed by atoms with Crippen molar-refractivity contribution in [3.63, 3.8) is 0 Å². The number of hydrogen-bond acceptors (Lipinski definition) is 7. The fourth-order valence-corrected chi connectivity index (χ4v) is 5.12. The number of nitrogens with one attached hydrogen (secondary N) is 2. The molecule has 0 amide bonds. The molecule has 0 radical (unpaired) electrons. The van der Waals surface area contributed by atoms with Crippen LogP contribution in [0.15, 0.2) is 64.1 Å². The average Bonchev–Trinajstić information content (AvgIpc) is 3.24. The monoisotopic (exact) mass is 579 g/mol. The number of aromatic nitrogens is 3. The third-order valence-corrected chi connectivity index (χ3v) is 7.54. The van der Waals surface area contributed by atoms with E-state index in [1.54, 1.807) is 16.8 Å². The Morgan fingerprint density at radius 2 is 1.83 bits per heavy atom. The fourth-order valence-electron chi connectivity index (χ4n) is 3.45. The maximum atomic E-state index is 12.7. The summed E-state index contributed by atoms with van der Waals surface area (Å²) in [6.45, 7) is 0.727.